The van der Waals surface area contributed by atoms with Gasteiger partial charge in [0, 0.05) is 37.3 Å². The van der Waals surface area contributed by atoms with Gasteiger partial charge in [0.25, 0.3) is 5.91 Å². The Morgan fingerprint density at radius 2 is 1.86 bits per heavy atom. The van der Waals surface area contributed by atoms with E-state index < -0.39 is 12.1 Å². The Morgan fingerprint density at radius 1 is 1.14 bits per heavy atom. The molecule has 5 rings (SSSR count). The van der Waals surface area contributed by atoms with Crippen LogP contribution in [0, 0.1) is 6.42 Å². The fourth-order valence-electron chi connectivity index (χ4n) is 5.00. The van der Waals surface area contributed by atoms with Gasteiger partial charge in [-0.25, -0.2) is 0 Å². The number of nitrogens with two attached hydrogens (primary N) is 1. The van der Waals surface area contributed by atoms with E-state index in [0.717, 1.165) is 45.0 Å². The van der Waals surface area contributed by atoms with Crippen molar-refractivity contribution in [1.29, 1.82) is 0 Å². The Bertz CT molecular complexity index is 770. The number of amides is 2. The first-order chi connectivity index (χ1) is 13.6. The van der Waals surface area contributed by atoms with Gasteiger partial charge in [0.05, 0.1) is 19.3 Å². The van der Waals surface area contributed by atoms with Crippen LogP contribution in [0.5, 0.6) is 0 Å². The molecule has 149 valence electrons. The number of rotatable bonds is 5. The largest absolute Gasteiger partial charge is 0.379 e. The fourth-order valence-corrected chi connectivity index (χ4v) is 5.00. The zero-order valence-electron chi connectivity index (χ0n) is 16.0. The highest BCUT2D eigenvalue weighted by atomic mass is 16.5. The molecular formula is C21H27N4O3. The number of benzene rings is 1. The van der Waals surface area contributed by atoms with Crippen LogP contribution in [0.2, 0.25) is 0 Å². The number of carbonyl (C=O) groups is 2. The van der Waals surface area contributed by atoms with E-state index in [4.69, 9.17) is 10.5 Å². The Morgan fingerprint density at radius 3 is 2.50 bits per heavy atom. The third kappa shape index (κ3) is 2.93. The average Bonchev–Trinajstić information content (AvgIpc) is 3.21. The number of morpholine rings is 1. The third-order valence-electron chi connectivity index (χ3n) is 6.68. The van der Waals surface area contributed by atoms with Crippen molar-refractivity contribution in [2.45, 2.75) is 36.9 Å². The molecule has 0 spiro atoms. The lowest BCUT2D eigenvalue weighted by Gasteiger charge is -2.31. The Hall–Kier alpha value is -1.96. The number of carbonyl (C=O) groups excluding carboxylic acids is 2. The predicted molar refractivity (Wildman–Crippen MR) is 104 cm³/mol. The van der Waals surface area contributed by atoms with E-state index in [1.54, 1.807) is 4.90 Å². The van der Waals surface area contributed by atoms with Crippen molar-refractivity contribution < 1.29 is 14.3 Å². The van der Waals surface area contributed by atoms with Gasteiger partial charge in [-0.3, -0.25) is 24.3 Å². The van der Waals surface area contributed by atoms with Crippen molar-refractivity contribution >= 4 is 17.5 Å². The fraction of sp³-hybridized carbons (Fsp3) is 0.571. The van der Waals surface area contributed by atoms with Gasteiger partial charge in [0.15, 0.2) is 6.17 Å². The quantitative estimate of drug-likeness (QED) is 0.801. The van der Waals surface area contributed by atoms with E-state index >= 15 is 0 Å². The van der Waals surface area contributed by atoms with Crippen molar-refractivity contribution in [3.63, 3.8) is 0 Å². The second-order valence-corrected chi connectivity index (χ2v) is 8.41. The number of ether oxygens (including phenoxy) is 1. The first kappa shape index (κ1) is 18.1. The van der Waals surface area contributed by atoms with Crippen molar-refractivity contribution in [3.05, 3.63) is 36.2 Å². The maximum Gasteiger partial charge on any atom is 0.255 e. The standard InChI is InChI=1S/C21H27N4O3/c22-18(26)19-24-9-1-2-17(24)20(27)25(19)16-5-3-15(4-6-16)21(7-8-21)14-23-10-12-28-13-11-23/h2-6,17,19H,1,7-14H2,(H2,22,26)/t17-,19?/m0/s1. The molecule has 2 amide bonds. The molecule has 1 aromatic carbocycles. The molecule has 3 aliphatic heterocycles. The lowest BCUT2D eigenvalue weighted by molar-refractivity contribution is -0.122. The molecule has 1 saturated carbocycles. The van der Waals surface area contributed by atoms with Crippen LogP contribution >= 0.6 is 0 Å². The molecule has 1 aliphatic carbocycles. The summed E-state index contributed by atoms with van der Waals surface area (Å²) in [7, 11) is 0. The summed E-state index contributed by atoms with van der Waals surface area (Å²) in [6.07, 6.45) is 4.50. The highest BCUT2D eigenvalue weighted by Gasteiger charge is 2.51. The van der Waals surface area contributed by atoms with Crippen LogP contribution in [0.25, 0.3) is 0 Å². The molecular weight excluding hydrogens is 356 g/mol. The van der Waals surface area contributed by atoms with Crippen molar-refractivity contribution in [2.75, 3.05) is 44.3 Å². The number of nitrogens with zero attached hydrogens (tertiary/aromatic N) is 3. The van der Waals surface area contributed by atoms with Crippen LogP contribution in [-0.4, -0.2) is 73.2 Å². The smallest absolute Gasteiger partial charge is 0.255 e. The Kier molecular flexibility index (Phi) is 4.41. The normalized spacial score (nSPS) is 29.9. The van der Waals surface area contributed by atoms with Gasteiger partial charge in [0.1, 0.15) is 0 Å². The second kappa shape index (κ2) is 6.83. The molecule has 3 heterocycles. The number of hydrogen-bond donors (Lipinski definition) is 1. The van der Waals surface area contributed by atoms with Gasteiger partial charge in [-0.05, 0) is 43.4 Å². The SMILES string of the molecule is NC(=O)C1N(c2ccc(C3(CN4CCOCC4)CC3)cc2)C(=O)[C@@H]2[CH]CCN12. The highest BCUT2D eigenvalue weighted by Crippen LogP contribution is 2.49. The first-order valence-electron chi connectivity index (χ1n) is 10.2. The number of hydrogen-bond acceptors (Lipinski definition) is 5. The van der Waals surface area contributed by atoms with Crippen molar-refractivity contribution in [3.8, 4) is 0 Å². The minimum atomic E-state index is -0.690. The molecule has 7 heteroatoms. The summed E-state index contributed by atoms with van der Waals surface area (Å²) in [5.41, 5.74) is 7.95. The molecule has 3 saturated heterocycles. The minimum absolute atomic E-state index is 0.0523. The number of primary amides is 1. The Balaban J connectivity index is 1.36. The van der Waals surface area contributed by atoms with E-state index in [9.17, 15) is 9.59 Å². The summed E-state index contributed by atoms with van der Waals surface area (Å²) in [6, 6.07) is 7.88. The third-order valence-corrected chi connectivity index (χ3v) is 6.68. The molecule has 1 aromatic rings. The summed E-state index contributed by atoms with van der Waals surface area (Å²) >= 11 is 0. The second-order valence-electron chi connectivity index (χ2n) is 8.41. The van der Waals surface area contributed by atoms with Crippen LogP contribution in [-0.2, 0) is 19.7 Å². The summed E-state index contributed by atoms with van der Waals surface area (Å²) in [5, 5.41) is 0. The van der Waals surface area contributed by atoms with Crippen molar-refractivity contribution in [2.24, 2.45) is 5.73 Å². The van der Waals surface area contributed by atoms with Crippen LogP contribution < -0.4 is 10.6 Å². The van der Waals surface area contributed by atoms with Gasteiger partial charge >= 0.3 is 0 Å². The zero-order valence-corrected chi connectivity index (χ0v) is 16.0. The van der Waals surface area contributed by atoms with Gasteiger partial charge in [-0.2, -0.15) is 0 Å². The summed E-state index contributed by atoms with van der Waals surface area (Å²) in [4.78, 5) is 30.9. The van der Waals surface area contributed by atoms with Gasteiger partial charge in [0.2, 0.25) is 5.91 Å². The molecule has 2 N–H and O–H groups in total. The molecule has 4 aliphatic rings. The van der Waals surface area contributed by atoms with E-state index in [0.29, 0.717) is 6.54 Å². The summed E-state index contributed by atoms with van der Waals surface area (Å²) in [5.74, 6) is -0.523. The predicted octanol–water partition coefficient (Wildman–Crippen LogP) is 0.487. The molecule has 0 bridgehead atoms. The van der Waals surface area contributed by atoms with Gasteiger partial charge < -0.3 is 10.5 Å². The van der Waals surface area contributed by atoms with Crippen molar-refractivity contribution in [1.82, 2.24) is 9.80 Å². The zero-order chi connectivity index (χ0) is 19.3. The molecule has 4 fully saturated rings. The summed E-state index contributed by atoms with van der Waals surface area (Å²) < 4.78 is 5.46. The molecule has 1 unspecified atom stereocenters. The molecule has 28 heavy (non-hydrogen) atoms. The van der Waals surface area contributed by atoms with Gasteiger partial charge in [-0.15, -0.1) is 0 Å². The van der Waals surface area contributed by atoms with Crippen LogP contribution in [0.15, 0.2) is 24.3 Å². The highest BCUT2D eigenvalue weighted by molar-refractivity contribution is 6.06. The van der Waals surface area contributed by atoms with E-state index in [2.05, 4.69) is 17.0 Å². The minimum Gasteiger partial charge on any atom is -0.379 e. The van der Waals surface area contributed by atoms with E-state index in [1.165, 1.54) is 18.4 Å². The van der Waals surface area contributed by atoms with Crippen LogP contribution in [0.1, 0.15) is 24.8 Å². The van der Waals surface area contributed by atoms with Crippen LogP contribution in [0.4, 0.5) is 5.69 Å². The number of fused-ring (bicyclic) bond motifs is 1. The lowest BCUT2D eigenvalue weighted by atomic mass is 9.94. The maximum absolute atomic E-state index is 12.9. The van der Waals surface area contributed by atoms with Gasteiger partial charge in [-0.1, -0.05) is 12.1 Å². The molecule has 1 radical (unpaired) electrons. The maximum atomic E-state index is 12.9. The lowest BCUT2D eigenvalue weighted by Crippen LogP contribution is -2.49. The molecule has 2 atom stereocenters. The first-order valence-corrected chi connectivity index (χ1v) is 10.2. The Labute approximate surface area is 165 Å². The van der Waals surface area contributed by atoms with E-state index in [1.807, 2.05) is 23.5 Å². The molecule has 7 nitrogen and oxygen atoms in total. The van der Waals surface area contributed by atoms with E-state index in [-0.39, 0.29) is 17.4 Å². The average molecular weight is 383 g/mol. The monoisotopic (exact) mass is 383 g/mol. The number of anilines is 1. The topological polar surface area (TPSA) is 79.1 Å². The van der Waals surface area contributed by atoms with Crippen LogP contribution in [0.3, 0.4) is 0 Å². The molecule has 0 aromatic heterocycles. The summed E-state index contributed by atoms with van der Waals surface area (Å²) in [6.45, 7) is 5.38.